The van der Waals surface area contributed by atoms with Gasteiger partial charge in [-0.1, -0.05) is 89.0 Å². The quantitative estimate of drug-likeness (QED) is 0.0609. The average molecular weight is 1050 g/mol. The van der Waals surface area contributed by atoms with Gasteiger partial charge in [-0.2, -0.15) is 0 Å². The summed E-state index contributed by atoms with van der Waals surface area (Å²) >= 11 is 5.25. The third-order valence-corrected chi connectivity index (χ3v) is 10.8. The van der Waals surface area contributed by atoms with Crippen molar-refractivity contribution in [2.75, 3.05) is 51.7 Å². The molecule has 412 valence electrons. The van der Waals surface area contributed by atoms with Crippen LogP contribution in [0.5, 0.6) is 5.75 Å². The number of amides is 1. The van der Waals surface area contributed by atoms with Gasteiger partial charge in [0, 0.05) is 68.4 Å². The Labute approximate surface area is 440 Å². The summed E-state index contributed by atoms with van der Waals surface area (Å²) in [6.45, 7) is 43.4. The number of halogens is 1. The van der Waals surface area contributed by atoms with Crippen molar-refractivity contribution >= 4 is 58.1 Å². The number of nitrogens with zero attached hydrogens (tertiary/aromatic N) is 1. The number of cyclic esters (lactones) is 1. The second kappa shape index (κ2) is 35.6. The summed E-state index contributed by atoms with van der Waals surface area (Å²) in [5.41, 5.74) is 1.88. The molecule has 2 saturated heterocycles. The van der Waals surface area contributed by atoms with Crippen molar-refractivity contribution in [1.29, 1.82) is 0 Å². The number of ether oxygens (including phenoxy) is 4. The highest BCUT2D eigenvalue weighted by Gasteiger charge is 2.36. The lowest BCUT2D eigenvalue weighted by Gasteiger charge is -2.29. The third-order valence-electron chi connectivity index (χ3n) is 10.5. The molecule has 1 atom stereocenters. The first-order valence-corrected chi connectivity index (χ1v) is 25.6. The van der Waals surface area contributed by atoms with Crippen LogP contribution in [0.3, 0.4) is 0 Å². The van der Waals surface area contributed by atoms with E-state index in [-0.39, 0.29) is 70.3 Å². The second-order valence-corrected chi connectivity index (χ2v) is 20.2. The fraction of sp³-hybridized carbons (Fsp3) is 0.625. The Morgan fingerprint density at radius 2 is 1.27 bits per heavy atom. The lowest BCUT2D eigenvalue weighted by Crippen LogP contribution is -2.50. The maximum absolute atomic E-state index is 11.3. The summed E-state index contributed by atoms with van der Waals surface area (Å²) in [4.78, 5) is 100. The van der Waals surface area contributed by atoms with E-state index in [9.17, 15) is 43.2 Å². The van der Waals surface area contributed by atoms with Crippen molar-refractivity contribution in [1.82, 2.24) is 10.2 Å². The van der Waals surface area contributed by atoms with E-state index in [0.717, 1.165) is 30.0 Å². The maximum atomic E-state index is 11.3. The number of rotatable bonds is 18. The number of piperazine rings is 1. The Morgan fingerprint density at radius 1 is 0.767 bits per heavy atom. The van der Waals surface area contributed by atoms with E-state index >= 15 is 0 Å². The lowest BCUT2D eigenvalue weighted by molar-refractivity contribution is -0.147. The highest BCUT2D eigenvalue weighted by Crippen LogP contribution is 2.35. The molecule has 0 aromatic heterocycles. The van der Waals surface area contributed by atoms with E-state index in [1.165, 1.54) is 13.2 Å². The van der Waals surface area contributed by atoms with Crippen molar-refractivity contribution < 1.29 is 52.5 Å². The van der Waals surface area contributed by atoms with Crippen LogP contribution in [0.1, 0.15) is 136 Å². The number of methoxy groups -OCH3 is 2. The van der Waals surface area contributed by atoms with Crippen LogP contribution in [0.25, 0.3) is 0 Å². The van der Waals surface area contributed by atoms with Crippen molar-refractivity contribution in [3.8, 4) is 5.75 Å². The van der Waals surface area contributed by atoms with Crippen molar-refractivity contribution in [2.45, 2.75) is 154 Å². The minimum Gasteiger partial charge on any atom is -0.496 e. The number of esters is 1. The molecule has 0 saturated carbocycles. The molecule has 1 unspecified atom stereocenters. The Bertz CT molecular complexity index is 2190. The fourth-order valence-electron chi connectivity index (χ4n) is 6.89. The van der Waals surface area contributed by atoms with Crippen LogP contribution in [0.15, 0.2) is 69.2 Å². The molecule has 2 aliphatic carbocycles. The zero-order valence-electron chi connectivity index (χ0n) is 47.0. The van der Waals surface area contributed by atoms with Gasteiger partial charge in [0.15, 0.2) is 35.0 Å². The first-order chi connectivity index (χ1) is 33.9. The number of carbonyl (C=O) groups is 7. The lowest BCUT2D eigenvalue weighted by atomic mass is 9.82. The van der Waals surface area contributed by atoms with Gasteiger partial charge in [-0.05, 0) is 70.3 Å². The number of anilines is 1. The van der Waals surface area contributed by atoms with E-state index in [2.05, 4.69) is 49.1 Å². The molecule has 1 amide bonds. The van der Waals surface area contributed by atoms with Crippen LogP contribution in [-0.2, 0) is 47.8 Å². The Hall–Kier alpha value is -5.48. The summed E-state index contributed by atoms with van der Waals surface area (Å²) in [6, 6.07) is 0.619. The molecule has 17 heteroatoms. The molecule has 73 heavy (non-hydrogen) atoms. The molecule has 5 rings (SSSR count). The molecular weight excluding hydrogens is 958 g/mol. The van der Waals surface area contributed by atoms with Gasteiger partial charge in [0.05, 0.1) is 44.4 Å². The van der Waals surface area contributed by atoms with Crippen LogP contribution in [0, 0.1) is 29.6 Å². The summed E-state index contributed by atoms with van der Waals surface area (Å²) in [5.74, 6) is 3.82. The molecule has 2 N–H and O–H groups in total. The van der Waals surface area contributed by atoms with Crippen LogP contribution in [0.2, 0.25) is 0 Å². The van der Waals surface area contributed by atoms with Crippen LogP contribution >= 0.6 is 11.6 Å². The standard InChI is InChI=1S/C10H14O2.C9H14O3.C9H12O2.C8H11NO3.C7H14N2O.C7H12O.C6H11ClO/c1-5-12-10-7(4)9(11)8(10)6(2)3;1-6(2)5-7(10)8-3-4-9(11)12-8;1-5(2)7-8(10)6(3)9(7)11-4;1-4(2)9-5-6(10)7(11)8(5)12-3;1-6(2)9-4-3-8-7(10)5-9;1-4-7(8)5-6(2)3;1-5(2)3-6(8)4-7/h6H,4-5H2,1-3H3;6,8H,3-5H2,1-2H3;5H,3H2,1-2,4H3;4,9H,1-3H3;6H,3-5H2,1-2H3,(H,8,10);4,6H,1,5H2,2-3H3;5H,3-4H2,1-2H3. The molecule has 1 aromatic carbocycles. The summed E-state index contributed by atoms with van der Waals surface area (Å²) < 4.78 is 19.9. The topological polar surface area (TPSA) is 218 Å². The van der Waals surface area contributed by atoms with Gasteiger partial charge in [-0.25, -0.2) is 0 Å². The van der Waals surface area contributed by atoms with E-state index in [1.807, 2.05) is 90.0 Å². The van der Waals surface area contributed by atoms with Gasteiger partial charge >= 0.3 is 5.97 Å². The van der Waals surface area contributed by atoms with Crippen LogP contribution in [-0.4, -0.2) is 110 Å². The first kappa shape index (κ1) is 69.6. The molecule has 0 spiro atoms. The van der Waals surface area contributed by atoms with E-state index in [0.29, 0.717) is 91.6 Å². The van der Waals surface area contributed by atoms with Gasteiger partial charge < -0.3 is 29.6 Å². The molecule has 2 aliphatic heterocycles. The maximum Gasteiger partial charge on any atom is 0.306 e. The molecular formula is C56H88ClN3O13. The normalized spacial score (nSPS) is 16.0. The predicted octanol–water partition coefficient (Wildman–Crippen LogP) is 8.63. The highest BCUT2D eigenvalue weighted by atomic mass is 35.5. The van der Waals surface area contributed by atoms with Gasteiger partial charge in [0.25, 0.3) is 10.9 Å². The van der Waals surface area contributed by atoms with E-state index < -0.39 is 17.0 Å². The fourth-order valence-corrected chi connectivity index (χ4v) is 7.00. The Balaban J connectivity index is 0. The number of carbonyl (C=O) groups excluding carboxylic acids is 7. The number of nitrogens with one attached hydrogen (secondary N) is 2. The summed E-state index contributed by atoms with van der Waals surface area (Å²) in [5, 5.41) is 5.63. The number of hydrogen-bond donors (Lipinski definition) is 2. The Morgan fingerprint density at radius 3 is 1.59 bits per heavy atom. The van der Waals surface area contributed by atoms with Crippen molar-refractivity contribution in [3.05, 3.63) is 80.1 Å². The van der Waals surface area contributed by atoms with Gasteiger partial charge in [0.2, 0.25) is 5.91 Å². The SMILES string of the molecule is C=C1C(=O)C(C(C)C)=C1OC.C=C1C(=O)C(C(C)C)=C1OCC.C=CC(=O)CC(C)C.CC(C)CC(=O)C1CCC(=O)O1.CC(C)CC(=O)CCl.CC(C)N1CCNC(=O)C1.COc1c(NC(C)C)c(=O)c1=O. The largest absolute Gasteiger partial charge is 0.496 e. The minimum atomic E-state index is -0.541. The predicted molar refractivity (Wildman–Crippen MR) is 290 cm³/mol. The molecule has 0 radical (unpaired) electrons. The van der Waals surface area contributed by atoms with Crippen molar-refractivity contribution in [3.63, 3.8) is 0 Å². The zero-order valence-corrected chi connectivity index (χ0v) is 47.8. The van der Waals surface area contributed by atoms with Crippen LogP contribution < -0.4 is 26.2 Å². The van der Waals surface area contributed by atoms with E-state index in [4.69, 9.17) is 30.5 Å². The molecule has 4 aliphatic rings. The van der Waals surface area contributed by atoms with Gasteiger partial charge in [-0.15, -0.1) is 11.6 Å². The zero-order chi connectivity index (χ0) is 57.0. The Kier molecular flexibility index (Phi) is 34.0. The van der Waals surface area contributed by atoms with Gasteiger partial charge in [-0.3, -0.25) is 48.1 Å². The molecule has 2 heterocycles. The second-order valence-electron chi connectivity index (χ2n) is 19.9. The van der Waals surface area contributed by atoms with E-state index in [1.54, 1.807) is 7.11 Å². The number of allylic oxidation sites excluding steroid dienone is 5. The van der Waals surface area contributed by atoms with Gasteiger partial charge in [0.1, 0.15) is 23.0 Å². The number of Topliss-reactive ketones (excluding diaryl/α,β-unsaturated/α-hetero) is 4. The number of hydrogen-bond acceptors (Lipinski definition) is 15. The molecule has 1 aromatic rings. The summed E-state index contributed by atoms with van der Waals surface area (Å²) in [7, 11) is 2.94. The molecule has 0 bridgehead atoms. The number of ketones is 5. The third kappa shape index (κ3) is 25.3. The molecule has 16 nitrogen and oxygen atoms in total. The first-order valence-electron chi connectivity index (χ1n) is 25.1. The average Bonchev–Trinajstić information content (AvgIpc) is 3.76. The minimum absolute atomic E-state index is 0.0526. The smallest absolute Gasteiger partial charge is 0.306 e. The monoisotopic (exact) mass is 1050 g/mol. The molecule has 2 fully saturated rings. The van der Waals surface area contributed by atoms with Crippen LogP contribution in [0.4, 0.5) is 5.69 Å². The van der Waals surface area contributed by atoms with Crippen molar-refractivity contribution in [2.24, 2.45) is 29.6 Å². The summed E-state index contributed by atoms with van der Waals surface area (Å²) in [6.07, 6.45) is 3.66. The highest BCUT2D eigenvalue weighted by molar-refractivity contribution is 6.27. The number of alkyl halides is 1.